The van der Waals surface area contributed by atoms with Gasteiger partial charge in [0.2, 0.25) is 0 Å². The van der Waals surface area contributed by atoms with Crippen molar-refractivity contribution < 1.29 is 14.7 Å². The number of carbonyl (C=O) groups is 2. The molecule has 1 aromatic carbocycles. The second-order valence-corrected chi connectivity index (χ2v) is 3.72. The number of para-hydroxylation sites is 1. The maximum atomic E-state index is 12.0. The minimum absolute atomic E-state index is 0.109. The highest BCUT2D eigenvalue weighted by atomic mass is 16.4. The molecule has 0 aromatic heterocycles. The van der Waals surface area contributed by atoms with E-state index in [1.54, 1.807) is 31.2 Å². The fourth-order valence-corrected chi connectivity index (χ4v) is 1.47. The van der Waals surface area contributed by atoms with Gasteiger partial charge in [0.25, 0.3) is 0 Å². The lowest BCUT2D eigenvalue weighted by Crippen LogP contribution is -2.41. The van der Waals surface area contributed by atoms with Crippen molar-refractivity contribution in [3.63, 3.8) is 0 Å². The number of hydrogen-bond acceptors (Lipinski definition) is 2. The number of carboxylic acid groups (broad SMARTS) is 1. The molecule has 0 fully saturated rings. The van der Waals surface area contributed by atoms with Crippen LogP contribution in [-0.4, -0.2) is 30.2 Å². The number of benzene rings is 1. The third-order valence-electron chi connectivity index (χ3n) is 2.37. The molecule has 1 aromatic rings. The van der Waals surface area contributed by atoms with Crippen molar-refractivity contribution in [2.24, 2.45) is 0 Å². The molecule has 0 unspecified atom stereocenters. The van der Waals surface area contributed by atoms with Gasteiger partial charge in [-0.2, -0.15) is 0 Å². The molecular weight excluding hydrogens is 244 g/mol. The van der Waals surface area contributed by atoms with Gasteiger partial charge in [-0.25, -0.2) is 4.79 Å². The third kappa shape index (κ3) is 5.13. The van der Waals surface area contributed by atoms with Crippen LogP contribution in [0.5, 0.6) is 0 Å². The van der Waals surface area contributed by atoms with Crippen molar-refractivity contribution in [3.05, 3.63) is 30.3 Å². The van der Waals surface area contributed by atoms with Crippen LogP contribution < -0.4 is 10.2 Å². The lowest BCUT2D eigenvalue weighted by atomic mass is 10.3. The molecule has 19 heavy (non-hydrogen) atoms. The molecule has 0 saturated carbocycles. The molecule has 1 rings (SSSR count). The van der Waals surface area contributed by atoms with E-state index < -0.39 is 5.97 Å². The first kappa shape index (κ1) is 14.6. The van der Waals surface area contributed by atoms with Gasteiger partial charge in [0.05, 0.1) is 13.0 Å². The summed E-state index contributed by atoms with van der Waals surface area (Å²) in [7, 11) is 0. The van der Waals surface area contributed by atoms with Gasteiger partial charge < -0.3 is 10.4 Å². The predicted molar refractivity (Wildman–Crippen MR) is 72.9 cm³/mol. The van der Waals surface area contributed by atoms with E-state index in [0.717, 1.165) is 0 Å². The first-order valence-corrected chi connectivity index (χ1v) is 5.87. The fraction of sp³-hybridized carbons (Fsp3) is 0.286. The molecule has 2 amide bonds. The maximum Gasteiger partial charge on any atom is 0.322 e. The number of anilines is 1. The summed E-state index contributed by atoms with van der Waals surface area (Å²) in [5.74, 6) is 4.46. The van der Waals surface area contributed by atoms with E-state index in [2.05, 4.69) is 17.2 Å². The van der Waals surface area contributed by atoms with Gasteiger partial charge in [-0.15, -0.1) is 5.92 Å². The number of urea groups is 1. The maximum absolute atomic E-state index is 12.0. The highest BCUT2D eigenvalue weighted by molar-refractivity contribution is 5.92. The van der Waals surface area contributed by atoms with Gasteiger partial charge in [-0.1, -0.05) is 24.1 Å². The molecule has 0 atom stereocenters. The number of carbonyl (C=O) groups excluding carboxylic acids is 1. The molecule has 2 N–H and O–H groups in total. The highest BCUT2D eigenvalue weighted by Gasteiger charge is 2.15. The zero-order valence-corrected chi connectivity index (χ0v) is 10.7. The van der Waals surface area contributed by atoms with E-state index in [9.17, 15) is 9.59 Å². The van der Waals surface area contributed by atoms with E-state index in [-0.39, 0.29) is 25.5 Å². The number of amides is 2. The van der Waals surface area contributed by atoms with Crippen molar-refractivity contribution in [1.82, 2.24) is 5.32 Å². The second-order valence-electron chi connectivity index (χ2n) is 3.72. The second kappa shape index (κ2) is 7.77. The fourth-order valence-electron chi connectivity index (χ4n) is 1.47. The van der Waals surface area contributed by atoms with E-state index in [4.69, 9.17) is 5.11 Å². The zero-order valence-electron chi connectivity index (χ0n) is 10.7. The van der Waals surface area contributed by atoms with Crippen molar-refractivity contribution >= 4 is 17.7 Å². The average molecular weight is 260 g/mol. The van der Waals surface area contributed by atoms with Gasteiger partial charge in [0.1, 0.15) is 0 Å². The summed E-state index contributed by atoms with van der Waals surface area (Å²) in [6.45, 7) is 2.04. The van der Waals surface area contributed by atoms with Crippen LogP contribution in [0.3, 0.4) is 0 Å². The molecule has 0 heterocycles. The summed E-state index contributed by atoms with van der Waals surface area (Å²) in [5.41, 5.74) is 0.658. The molecule has 0 aliphatic carbocycles. The van der Waals surface area contributed by atoms with Crippen molar-refractivity contribution in [2.45, 2.75) is 13.3 Å². The lowest BCUT2D eigenvalue weighted by Gasteiger charge is -2.22. The Morgan fingerprint density at radius 2 is 2.00 bits per heavy atom. The number of nitrogens with one attached hydrogen (secondary N) is 1. The number of carboxylic acids is 1. The Labute approximate surface area is 112 Å². The summed E-state index contributed by atoms with van der Waals surface area (Å²) in [6.07, 6.45) is -0.109. The first-order valence-electron chi connectivity index (χ1n) is 5.87. The van der Waals surface area contributed by atoms with Crippen LogP contribution in [0.1, 0.15) is 13.3 Å². The summed E-state index contributed by atoms with van der Waals surface area (Å²) in [4.78, 5) is 24.0. The smallest absolute Gasteiger partial charge is 0.322 e. The Kier molecular flexibility index (Phi) is 5.96. The Morgan fingerprint density at radius 1 is 1.32 bits per heavy atom. The van der Waals surface area contributed by atoms with Gasteiger partial charge in [-0.05, 0) is 19.1 Å². The molecule has 0 spiro atoms. The molecular formula is C14H16N2O3. The number of nitrogens with zero attached hydrogens (tertiary/aromatic N) is 1. The van der Waals surface area contributed by atoms with Gasteiger partial charge in [-0.3, -0.25) is 9.69 Å². The van der Waals surface area contributed by atoms with Crippen molar-refractivity contribution in [1.29, 1.82) is 0 Å². The molecule has 0 radical (unpaired) electrons. The lowest BCUT2D eigenvalue weighted by molar-refractivity contribution is -0.136. The summed E-state index contributed by atoms with van der Waals surface area (Å²) < 4.78 is 0. The Balaban J connectivity index is 2.76. The first-order chi connectivity index (χ1) is 9.15. The highest BCUT2D eigenvalue weighted by Crippen LogP contribution is 2.13. The standard InChI is InChI=1S/C14H16N2O3/c1-2-3-10-15-14(19)16(11-9-13(17)18)12-7-5-4-6-8-12/h4-8H,9-11H2,1H3,(H,15,19)(H,17,18). The molecule has 5 nitrogen and oxygen atoms in total. The van der Waals surface area contributed by atoms with Crippen LogP contribution >= 0.6 is 0 Å². The van der Waals surface area contributed by atoms with Gasteiger partial charge in [0, 0.05) is 12.2 Å². The van der Waals surface area contributed by atoms with E-state index >= 15 is 0 Å². The molecule has 0 bridgehead atoms. The monoisotopic (exact) mass is 260 g/mol. The van der Waals surface area contributed by atoms with E-state index in [1.807, 2.05) is 6.07 Å². The number of aliphatic carboxylic acids is 1. The third-order valence-corrected chi connectivity index (χ3v) is 2.37. The molecule has 0 aliphatic rings. The van der Waals surface area contributed by atoms with Crippen LogP contribution in [0.2, 0.25) is 0 Å². The quantitative estimate of drug-likeness (QED) is 0.792. The minimum Gasteiger partial charge on any atom is -0.481 e. The average Bonchev–Trinajstić information content (AvgIpc) is 2.40. The minimum atomic E-state index is -0.943. The summed E-state index contributed by atoms with van der Waals surface area (Å²) in [5, 5.41) is 11.4. The Bertz CT molecular complexity index is 488. The predicted octanol–water partition coefficient (Wildman–Crippen LogP) is 1.70. The molecule has 5 heteroatoms. The number of hydrogen-bond donors (Lipinski definition) is 2. The van der Waals surface area contributed by atoms with Crippen LogP contribution in [0.15, 0.2) is 30.3 Å². The van der Waals surface area contributed by atoms with Crippen LogP contribution in [0, 0.1) is 11.8 Å². The van der Waals surface area contributed by atoms with Crippen molar-refractivity contribution in [3.8, 4) is 11.8 Å². The largest absolute Gasteiger partial charge is 0.481 e. The van der Waals surface area contributed by atoms with Crippen LogP contribution in [0.4, 0.5) is 10.5 Å². The summed E-state index contributed by atoms with van der Waals surface area (Å²) >= 11 is 0. The normalized spacial score (nSPS) is 9.11. The molecule has 0 saturated heterocycles. The van der Waals surface area contributed by atoms with Crippen molar-refractivity contribution in [2.75, 3.05) is 18.0 Å². The summed E-state index contributed by atoms with van der Waals surface area (Å²) in [6, 6.07) is 8.58. The van der Waals surface area contributed by atoms with E-state index in [0.29, 0.717) is 5.69 Å². The number of rotatable bonds is 5. The van der Waals surface area contributed by atoms with Crippen LogP contribution in [-0.2, 0) is 4.79 Å². The SMILES string of the molecule is CC#CCNC(=O)N(CCC(=O)O)c1ccccc1. The van der Waals surface area contributed by atoms with Gasteiger partial charge in [0.15, 0.2) is 0 Å². The van der Waals surface area contributed by atoms with Gasteiger partial charge >= 0.3 is 12.0 Å². The Morgan fingerprint density at radius 3 is 2.58 bits per heavy atom. The zero-order chi connectivity index (χ0) is 14.1. The molecule has 100 valence electrons. The topological polar surface area (TPSA) is 69.6 Å². The molecule has 0 aliphatic heterocycles. The van der Waals surface area contributed by atoms with E-state index in [1.165, 1.54) is 4.90 Å². The Hall–Kier alpha value is -2.48. The van der Waals surface area contributed by atoms with Crippen LogP contribution in [0.25, 0.3) is 0 Å².